The molecule has 0 aromatic heterocycles. The van der Waals surface area contributed by atoms with Gasteiger partial charge in [-0.25, -0.2) is 0 Å². The van der Waals surface area contributed by atoms with Crippen molar-refractivity contribution in [3.63, 3.8) is 0 Å². The lowest BCUT2D eigenvalue weighted by Crippen LogP contribution is -2.49. The Morgan fingerprint density at radius 3 is 3.07 bits per heavy atom. The lowest BCUT2D eigenvalue weighted by molar-refractivity contribution is -0.151. The highest BCUT2D eigenvalue weighted by molar-refractivity contribution is 5.83. The Bertz CT molecular complexity index is 295. The van der Waals surface area contributed by atoms with Crippen LogP contribution < -0.4 is 0 Å². The van der Waals surface area contributed by atoms with E-state index < -0.39 is 0 Å². The van der Waals surface area contributed by atoms with Crippen molar-refractivity contribution in [3.8, 4) is 0 Å². The fourth-order valence-corrected chi connectivity index (χ4v) is 4.82. The second kappa shape index (κ2) is 2.24. The van der Waals surface area contributed by atoms with Gasteiger partial charge in [0.15, 0.2) is 0 Å². The van der Waals surface area contributed by atoms with Crippen molar-refractivity contribution in [2.45, 2.75) is 50.7 Å². The SMILES string of the molecule is O=C1CCCC23CC4CC(OC4C2)C13. The first kappa shape index (κ1) is 7.86. The van der Waals surface area contributed by atoms with Crippen LogP contribution in [0.3, 0.4) is 0 Å². The molecule has 4 bridgehead atoms. The van der Waals surface area contributed by atoms with Crippen LogP contribution in [-0.4, -0.2) is 18.0 Å². The summed E-state index contributed by atoms with van der Waals surface area (Å²) in [6.07, 6.45) is 7.79. The van der Waals surface area contributed by atoms with Crippen LogP contribution in [0.1, 0.15) is 38.5 Å². The molecule has 14 heavy (non-hydrogen) atoms. The van der Waals surface area contributed by atoms with E-state index in [1.165, 1.54) is 25.7 Å². The van der Waals surface area contributed by atoms with Crippen molar-refractivity contribution in [1.82, 2.24) is 0 Å². The topological polar surface area (TPSA) is 26.3 Å². The smallest absolute Gasteiger partial charge is 0.139 e. The number of ether oxygens (including phenoxy) is 1. The normalized spacial score (nSPS) is 59.3. The monoisotopic (exact) mass is 192 g/mol. The first-order chi connectivity index (χ1) is 6.78. The van der Waals surface area contributed by atoms with Crippen molar-refractivity contribution in [2.75, 3.05) is 0 Å². The minimum atomic E-state index is 0.297. The highest BCUT2D eigenvalue weighted by atomic mass is 16.5. The minimum Gasteiger partial charge on any atom is -0.374 e. The molecule has 5 fully saturated rings. The molecular weight excluding hydrogens is 176 g/mol. The number of carbonyl (C=O) groups is 1. The van der Waals surface area contributed by atoms with Gasteiger partial charge < -0.3 is 4.74 Å². The van der Waals surface area contributed by atoms with Gasteiger partial charge in [-0.1, -0.05) is 0 Å². The maximum atomic E-state index is 12.0. The highest BCUT2D eigenvalue weighted by Crippen LogP contribution is 2.64. The maximum absolute atomic E-state index is 12.0. The van der Waals surface area contributed by atoms with E-state index in [1.54, 1.807) is 0 Å². The van der Waals surface area contributed by atoms with Gasteiger partial charge in [-0.15, -0.1) is 0 Å². The third-order valence-electron chi connectivity index (χ3n) is 5.16. The predicted molar refractivity (Wildman–Crippen MR) is 50.8 cm³/mol. The summed E-state index contributed by atoms with van der Waals surface area (Å²) in [5.41, 5.74) is 0.409. The molecule has 2 aliphatic heterocycles. The summed E-state index contributed by atoms with van der Waals surface area (Å²) < 4.78 is 5.97. The largest absolute Gasteiger partial charge is 0.374 e. The quantitative estimate of drug-likeness (QED) is 0.586. The molecule has 0 N–H and O–H groups in total. The van der Waals surface area contributed by atoms with E-state index in [-0.39, 0.29) is 0 Å². The lowest BCUT2D eigenvalue weighted by Gasteiger charge is -2.47. The molecule has 0 aromatic rings. The van der Waals surface area contributed by atoms with Crippen LogP contribution in [-0.2, 0) is 9.53 Å². The van der Waals surface area contributed by atoms with Crippen LogP contribution in [0.2, 0.25) is 0 Å². The Balaban J connectivity index is 1.82. The summed E-state index contributed by atoms with van der Waals surface area (Å²) in [6, 6.07) is 0. The number of ketones is 1. The van der Waals surface area contributed by atoms with Crippen LogP contribution in [0.5, 0.6) is 0 Å². The van der Waals surface area contributed by atoms with Crippen LogP contribution in [0.15, 0.2) is 0 Å². The first-order valence-corrected chi connectivity index (χ1v) is 5.97. The fraction of sp³-hybridized carbons (Fsp3) is 0.917. The van der Waals surface area contributed by atoms with E-state index in [9.17, 15) is 4.79 Å². The number of hydrogen-bond donors (Lipinski definition) is 0. The summed E-state index contributed by atoms with van der Waals surface area (Å²) in [4.78, 5) is 12.0. The predicted octanol–water partition coefficient (Wildman–Crippen LogP) is 1.92. The zero-order valence-electron chi connectivity index (χ0n) is 8.37. The van der Waals surface area contributed by atoms with E-state index >= 15 is 0 Å². The second-order valence-electron chi connectivity index (χ2n) is 5.78. The molecule has 76 valence electrons. The van der Waals surface area contributed by atoms with E-state index in [2.05, 4.69) is 0 Å². The van der Waals surface area contributed by atoms with Gasteiger partial charge in [-0.05, 0) is 43.4 Å². The van der Waals surface area contributed by atoms with Gasteiger partial charge in [-0.3, -0.25) is 4.79 Å². The van der Waals surface area contributed by atoms with Crippen molar-refractivity contribution in [2.24, 2.45) is 17.3 Å². The van der Waals surface area contributed by atoms with Crippen molar-refractivity contribution >= 4 is 5.78 Å². The molecule has 2 nitrogen and oxygen atoms in total. The van der Waals surface area contributed by atoms with Crippen LogP contribution in [0.25, 0.3) is 0 Å². The van der Waals surface area contributed by atoms with Gasteiger partial charge >= 0.3 is 0 Å². The standard InChI is InChI=1S/C12H16O2/c13-8-2-1-3-12-5-7-4-9(11(8)12)14-10(7)6-12/h7,9-11H,1-6H2. The third kappa shape index (κ3) is 0.723. The average Bonchev–Trinajstić information content (AvgIpc) is 2.55. The van der Waals surface area contributed by atoms with Crippen molar-refractivity contribution in [1.29, 1.82) is 0 Å². The summed E-state index contributed by atoms with van der Waals surface area (Å²) in [7, 11) is 0. The number of Topliss-reactive ketones (excluding diaryl/α,β-unsaturated/α-hetero) is 1. The molecule has 0 amide bonds. The van der Waals surface area contributed by atoms with Crippen LogP contribution in [0, 0.1) is 17.3 Å². The summed E-state index contributed by atoms with van der Waals surface area (Å²) in [5, 5.41) is 0. The molecular formula is C12H16O2. The van der Waals surface area contributed by atoms with Gasteiger partial charge in [0.05, 0.1) is 12.2 Å². The summed E-state index contributed by atoms with van der Waals surface area (Å²) >= 11 is 0. The molecule has 5 rings (SSSR count). The Morgan fingerprint density at radius 2 is 2.21 bits per heavy atom. The van der Waals surface area contributed by atoms with Crippen molar-refractivity contribution < 1.29 is 9.53 Å². The summed E-state index contributed by atoms with van der Waals surface area (Å²) in [6.45, 7) is 0. The summed E-state index contributed by atoms with van der Waals surface area (Å²) in [5.74, 6) is 1.62. The molecule has 0 radical (unpaired) electrons. The Morgan fingerprint density at radius 1 is 1.29 bits per heavy atom. The first-order valence-electron chi connectivity index (χ1n) is 5.97. The molecule has 3 saturated carbocycles. The molecule has 3 aliphatic carbocycles. The minimum absolute atomic E-state index is 0.297. The van der Waals surface area contributed by atoms with Crippen LogP contribution in [0.4, 0.5) is 0 Å². The van der Waals surface area contributed by atoms with E-state index in [4.69, 9.17) is 4.74 Å². The molecule has 5 aliphatic rings. The van der Waals surface area contributed by atoms with Gasteiger partial charge in [-0.2, -0.15) is 0 Å². The second-order valence-corrected chi connectivity index (χ2v) is 5.78. The Kier molecular flexibility index (Phi) is 1.26. The molecule has 2 heteroatoms. The van der Waals surface area contributed by atoms with E-state index in [1.807, 2.05) is 0 Å². The highest BCUT2D eigenvalue weighted by Gasteiger charge is 2.64. The average molecular weight is 192 g/mol. The number of carbonyl (C=O) groups excluding carboxylic acids is 1. The third-order valence-corrected chi connectivity index (χ3v) is 5.16. The molecule has 0 aromatic carbocycles. The van der Waals surface area contributed by atoms with E-state index in [0.29, 0.717) is 29.3 Å². The van der Waals surface area contributed by atoms with Crippen molar-refractivity contribution in [3.05, 3.63) is 0 Å². The molecule has 2 saturated heterocycles. The Labute approximate surface area is 84.0 Å². The number of rotatable bonds is 0. The Hall–Kier alpha value is -0.370. The van der Waals surface area contributed by atoms with Gasteiger partial charge in [0.1, 0.15) is 5.78 Å². The molecule has 5 atom stereocenters. The zero-order chi connectivity index (χ0) is 9.34. The molecule has 5 unspecified atom stereocenters. The lowest BCUT2D eigenvalue weighted by atomic mass is 9.59. The van der Waals surface area contributed by atoms with Crippen LogP contribution >= 0.6 is 0 Å². The van der Waals surface area contributed by atoms with Gasteiger partial charge in [0.25, 0.3) is 0 Å². The van der Waals surface area contributed by atoms with Gasteiger partial charge in [0, 0.05) is 12.3 Å². The van der Waals surface area contributed by atoms with Gasteiger partial charge in [0.2, 0.25) is 0 Å². The van der Waals surface area contributed by atoms with E-state index in [0.717, 1.165) is 18.8 Å². The number of hydrogen-bond acceptors (Lipinski definition) is 2. The molecule has 1 spiro atoms. The fourth-order valence-electron chi connectivity index (χ4n) is 4.82. The zero-order valence-corrected chi connectivity index (χ0v) is 8.37. The maximum Gasteiger partial charge on any atom is 0.139 e. The molecule has 2 heterocycles.